The fraction of sp³-hybridized carbons (Fsp3) is 1.00. The quantitative estimate of drug-likeness (QED) is 0.577. The molecule has 5 saturated carbocycles. The number of rotatable bonds is 5. The first kappa shape index (κ1) is 21.3. The molecule has 1 saturated heterocycles. The van der Waals surface area contributed by atoms with Gasteiger partial charge in [-0.15, -0.1) is 0 Å². The molecular formula is C24H39NO6. The Kier molecular flexibility index (Phi) is 4.56. The van der Waals surface area contributed by atoms with Gasteiger partial charge in [0.1, 0.15) is 0 Å². The number of ether oxygens (including phenoxy) is 3. The van der Waals surface area contributed by atoms with E-state index in [0.29, 0.717) is 13.0 Å². The van der Waals surface area contributed by atoms with Crippen molar-refractivity contribution in [2.24, 2.45) is 40.4 Å². The topological polar surface area (TPSA) is 91.6 Å². The van der Waals surface area contributed by atoms with Gasteiger partial charge in [0, 0.05) is 74.8 Å². The summed E-state index contributed by atoms with van der Waals surface area (Å²) in [6, 6.07) is 0.0561. The Hall–Kier alpha value is -0.280. The van der Waals surface area contributed by atoms with E-state index >= 15 is 0 Å². The van der Waals surface area contributed by atoms with Crippen molar-refractivity contribution in [2.45, 2.75) is 68.7 Å². The van der Waals surface area contributed by atoms with Gasteiger partial charge in [-0.2, -0.15) is 0 Å². The molecule has 1 aliphatic heterocycles. The highest BCUT2D eigenvalue weighted by atomic mass is 16.5. The van der Waals surface area contributed by atoms with E-state index in [2.05, 4.69) is 11.8 Å². The van der Waals surface area contributed by atoms with Crippen molar-refractivity contribution in [1.82, 2.24) is 4.90 Å². The van der Waals surface area contributed by atoms with Crippen LogP contribution in [-0.4, -0.2) is 97.3 Å². The van der Waals surface area contributed by atoms with Crippen LogP contribution in [0.5, 0.6) is 0 Å². The lowest BCUT2D eigenvalue weighted by molar-refractivity contribution is -0.272. The van der Waals surface area contributed by atoms with Crippen molar-refractivity contribution in [3.8, 4) is 0 Å². The summed E-state index contributed by atoms with van der Waals surface area (Å²) >= 11 is 0. The van der Waals surface area contributed by atoms with Crippen LogP contribution in [0, 0.1) is 40.4 Å². The third-order valence-electron chi connectivity index (χ3n) is 11.1. The summed E-state index contributed by atoms with van der Waals surface area (Å²) in [7, 11) is 5.24. The number of hydrogen-bond donors (Lipinski definition) is 3. The molecule has 0 aromatic carbocycles. The summed E-state index contributed by atoms with van der Waals surface area (Å²) in [5.74, 6) is -0.168. The Morgan fingerprint density at radius 3 is 2.52 bits per heavy atom. The van der Waals surface area contributed by atoms with Crippen LogP contribution in [-0.2, 0) is 14.2 Å². The number of aliphatic hydroxyl groups excluding tert-OH is 2. The molecule has 1 spiro atoms. The molecule has 0 aromatic heterocycles. The third kappa shape index (κ3) is 2.12. The lowest BCUT2D eigenvalue weighted by Gasteiger charge is -2.68. The number of likely N-dealkylation sites (tertiary alicyclic amines) is 1. The molecule has 0 amide bonds. The molecule has 0 radical (unpaired) electrons. The van der Waals surface area contributed by atoms with E-state index in [4.69, 9.17) is 14.2 Å². The van der Waals surface area contributed by atoms with Gasteiger partial charge in [-0.05, 0) is 31.7 Å². The maximum atomic E-state index is 12.5. The highest BCUT2D eigenvalue weighted by Gasteiger charge is 2.86. The monoisotopic (exact) mass is 437 g/mol. The van der Waals surface area contributed by atoms with Crippen molar-refractivity contribution < 1.29 is 29.5 Å². The molecule has 7 heteroatoms. The highest BCUT2D eigenvalue weighted by molar-refractivity contribution is 5.35. The molecule has 31 heavy (non-hydrogen) atoms. The Morgan fingerprint density at radius 2 is 1.87 bits per heavy atom. The zero-order valence-corrected chi connectivity index (χ0v) is 19.2. The summed E-state index contributed by atoms with van der Waals surface area (Å²) < 4.78 is 18.0. The molecule has 5 aliphatic carbocycles. The van der Waals surface area contributed by atoms with Gasteiger partial charge in [0.05, 0.1) is 36.6 Å². The number of aliphatic hydroxyl groups is 3. The zero-order valence-electron chi connectivity index (χ0n) is 19.2. The van der Waals surface area contributed by atoms with Crippen LogP contribution >= 0.6 is 0 Å². The number of fused-ring (bicyclic) bond motifs is 2. The van der Waals surface area contributed by atoms with E-state index in [-0.39, 0.29) is 58.7 Å². The van der Waals surface area contributed by atoms with Gasteiger partial charge in [-0.1, -0.05) is 6.92 Å². The van der Waals surface area contributed by atoms with Crippen LogP contribution in [0.25, 0.3) is 0 Å². The SMILES string of the molecule is CCN1C[C@]2(COC)CC[C@H](O)[C@]34C5C[C@@H]6[C@@H](OC)C[C@@](O)(C5[C@H]6O)[C@H](C13)[C@@H](OC)C24. The van der Waals surface area contributed by atoms with Crippen molar-refractivity contribution >= 4 is 0 Å². The molecule has 3 N–H and O–H groups in total. The van der Waals surface area contributed by atoms with Crippen molar-refractivity contribution in [1.29, 1.82) is 0 Å². The minimum atomic E-state index is -1.05. The van der Waals surface area contributed by atoms with Crippen LogP contribution in [0.3, 0.4) is 0 Å². The number of nitrogens with zero attached hydrogens (tertiary/aromatic N) is 1. The lowest BCUT2D eigenvalue weighted by Crippen LogP contribution is -2.76. The maximum Gasteiger partial charge on any atom is 0.0796 e. The average molecular weight is 438 g/mol. The molecular weight excluding hydrogens is 398 g/mol. The molecule has 4 unspecified atom stereocenters. The van der Waals surface area contributed by atoms with E-state index < -0.39 is 17.8 Å². The third-order valence-corrected chi connectivity index (χ3v) is 11.1. The van der Waals surface area contributed by atoms with E-state index in [0.717, 1.165) is 32.4 Å². The smallest absolute Gasteiger partial charge is 0.0796 e. The van der Waals surface area contributed by atoms with Crippen molar-refractivity contribution in [2.75, 3.05) is 41.0 Å². The highest BCUT2D eigenvalue weighted by Crippen LogP contribution is 2.79. The fourth-order valence-corrected chi connectivity index (χ4v) is 10.7. The Morgan fingerprint density at radius 1 is 1.10 bits per heavy atom. The number of hydrogen-bond acceptors (Lipinski definition) is 7. The molecule has 0 aromatic rings. The molecule has 176 valence electrons. The molecule has 1 heterocycles. The van der Waals surface area contributed by atoms with Gasteiger partial charge < -0.3 is 29.5 Å². The normalized spacial score (nSPS) is 61.6. The predicted molar refractivity (Wildman–Crippen MR) is 112 cm³/mol. The first-order chi connectivity index (χ1) is 14.9. The van der Waals surface area contributed by atoms with Gasteiger partial charge in [0.15, 0.2) is 0 Å². The second kappa shape index (κ2) is 6.65. The molecule has 7 bridgehead atoms. The summed E-state index contributed by atoms with van der Waals surface area (Å²) in [5, 5.41) is 35.7. The van der Waals surface area contributed by atoms with E-state index in [9.17, 15) is 15.3 Å². The fourth-order valence-electron chi connectivity index (χ4n) is 10.7. The Balaban J connectivity index is 1.62. The Bertz CT molecular complexity index is 752. The zero-order chi connectivity index (χ0) is 21.9. The molecule has 6 aliphatic rings. The van der Waals surface area contributed by atoms with E-state index in [1.807, 2.05) is 0 Å². The second-order valence-corrected chi connectivity index (χ2v) is 11.6. The van der Waals surface area contributed by atoms with Crippen LogP contribution in [0.15, 0.2) is 0 Å². The van der Waals surface area contributed by atoms with Crippen LogP contribution in [0.1, 0.15) is 32.6 Å². The lowest BCUT2D eigenvalue weighted by atomic mass is 9.43. The Labute approximate surface area is 185 Å². The van der Waals surface area contributed by atoms with Crippen molar-refractivity contribution in [3.05, 3.63) is 0 Å². The van der Waals surface area contributed by atoms with E-state index in [1.165, 1.54) is 0 Å². The average Bonchev–Trinajstić information content (AvgIpc) is 3.16. The van der Waals surface area contributed by atoms with E-state index in [1.54, 1.807) is 21.3 Å². The largest absolute Gasteiger partial charge is 0.392 e. The maximum absolute atomic E-state index is 12.5. The summed E-state index contributed by atoms with van der Waals surface area (Å²) in [4.78, 5) is 2.52. The minimum Gasteiger partial charge on any atom is -0.392 e. The first-order valence-corrected chi connectivity index (χ1v) is 12.2. The molecule has 7 nitrogen and oxygen atoms in total. The number of methoxy groups -OCH3 is 3. The van der Waals surface area contributed by atoms with Gasteiger partial charge in [-0.3, -0.25) is 4.90 Å². The summed E-state index contributed by atoms with van der Waals surface area (Å²) in [6.07, 6.45) is 1.65. The molecule has 6 rings (SSSR count). The predicted octanol–water partition coefficient (Wildman–Crippen LogP) is 0.502. The molecule has 13 atom stereocenters. The van der Waals surface area contributed by atoms with Gasteiger partial charge in [0.25, 0.3) is 0 Å². The van der Waals surface area contributed by atoms with Crippen LogP contribution in [0.4, 0.5) is 0 Å². The number of piperidine rings is 1. The summed E-state index contributed by atoms with van der Waals surface area (Å²) in [5.41, 5.74) is -1.54. The molecule has 6 fully saturated rings. The first-order valence-electron chi connectivity index (χ1n) is 12.2. The van der Waals surface area contributed by atoms with Gasteiger partial charge in [-0.25, -0.2) is 0 Å². The van der Waals surface area contributed by atoms with Gasteiger partial charge in [0.2, 0.25) is 0 Å². The second-order valence-electron chi connectivity index (χ2n) is 11.6. The van der Waals surface area contributed by atoms with Crippen LogP contribution in [0.2, 0.25) is 0 Å². The van der Waals surface area contributed by atoms with Gasteiger partial charge >= 0.3 is 0 Å². The van der Waals surface area contributed by atoms with Crippen LogP contribution < -0.4 is 0 Å². The summed E-state index contributed by atoms with van der Waals surface area (Å²) in [6.45, 7) is 4.63. The van der Waals surface area contributed by atoms with Crippen molar-refractivity contribution in [3.63, 3.8) is 0 Å². The minimum absolute atomic E-state index is 0.0248. The standard InChI is InChI=1S/C24H39NO6/c1-5-25-10-22(11-29-2)7-6-15(26)24-13-8-12-14(30-3)9-23(28,16(13)18(12)27)17(21(24)25)19(31-4)20(22)24/h12-21,26-28H,5-11H2,1-4H3/t12-,13?,14+,15+,16?,17+,18+,19-,20?,21?,22+,23-,24+/m1/s1.